The summed E-state index contributed by atoms with van der Waals surface area (Å²) >= 11 is 0. The molecule has 0 unspecified atom stereocenters. The maximum atomic E-state index is 12.8. The average Bonchev–Trinajstić information content (AvgIpc) is 2.38. The molecule has 0 aliphatic carbocycles. The number of alkyl halides is 2. The Morgan fingerprint density at radius 1 is 1.43 bits per heavy atom. The van der Waals surface area contributed by atoms with E-state index in [-0.39, 0.29) is 13.0 Å². The third kappa shape index (κ3) is 1.72. The molecular formula is C9H12F2N2O. The Balaban J connectivity index is 1.90. The topological polar surface area (TPSA) is 36.3 Å². The predicted octanol–water partition coefficient (Wildman–Crippen LogP) is 0.868. The van der Waals surface area contributed by atoms with E-state index < -0.39 is 11.3 Å². The first-order valence-electron chi connectivity index (χ1n) is 4.65. The lowest BCUT2D eigenvalue weighted by molar-refractivity contribution is -0.0924. The first kappa shape index (κ1) is 9.81. The van der Waals surface area contributed by atoms with Crippen LogP contribution < -0.4 is 0 Å². The predicted molar refractivity (Wildman–Crippen MR) is 44.9 cm³/mol. The molecule has 0 spiro atoms. The molecule has 2 fully saturated rings. The van der Waals surface area contributed by atoms with E-state index in [4.69, 9.17) is 10.00 Å². The van der Waals surface area contributed by atoms with E-state index >= 15 is 0 Å². The van der Waals surface area contributed by atoms with Crippen LogP contribution in [0.5, 0.6) is 0 Å². The van der Waals surface area contributed by atoms with Crippen molar-refractivity contribution in [2.45, 2.75) is 12.3 Å². The van der Waals surface area contributed by atoms with Gasteiger partial charge in [0.05, 0.1) is 25.8 Å². The van der Waals surface area contributed by atoms with Crippen LogP contribution in [0.3, 0.4) is 0 Å². The average molecular weight is 202 g/mol. The van der Waals surface area contributed by atoms with Crippen molar-refractivity contribution in [1.82, 2.24) is 4.90 Å². The number of hydrogen-bond donors (Lipinski definition) is 0. The fourth-order valence-corrected chi connectivity index (χ4v) is 1.91. The zero-order valence-electron chi connectivity index (χ0n) is 7.80. The fraction of sp³-hybridized carbons (Fsp3) is 0.889. The zero-order chi connectivity index (χ0) is 10.2. The molecule has 0 N–H and O–H groups in total. The van der Waals surface area contributed by atoms with Crippen LogP contribution in [0.4, 0.5) is 8.78 Å². The molecule has 2 saturated heterocycles. The monoisotopic (exact) mass is 202 g/mol. The molecule has 0 amide bonds. The minimum absolute atomic E-state index is 0.0879. The molecule has 2 aliphatic rings. The van der Waals surface area contributed by atoms with E-state index in [1.165, 1.54) is 0 Å². The highest BCUT2D eigenvalue weighted by atomic mass is 19.3. The van der Waals surface area contributed by atoms with Crippen molar-refractivity contribution in [3.8, 4) is 6.07 Å². The number of hydrogen-bond acceptors (Lipinski definition) is 3. The van der Waals surface area contributed by atoms with Crippen molar-refractivity contribution < 1.29 is 13.5 Å². The van der Waals surface area contributed by atoms with Gasteiger partial charge < -0.3 is 4.74 Å². The van der Waals surface area contributed by atoms with Gasteiger partial charge in [0, 0.05) is 19.5 Å². The van der Waals surface area contributed by atoms with Crippen LogP contribution in [-0.2, 0) is 4.74 Å². The van der Waals surface area contributed by atoms with Crippen molar-refractivity contribution in [3.05, 3.63) is 0 Å². The number of halogens is 2. The minimum Gasteiger partial charge on any atom is -0.378 e. The van der Waals surface area contributed by atoms with Crippen LogP contribution in [0.2, 0.25) is 0 Å². The van der Waals surface area contributed by atoms with Crippen molar-refractivity contribution >= 4 is 0 Å². The largest absolute Gasteiger partial charge is 0.378 e. The van der Waals surface area contributed by atoms with Gasteiger partial charge >= 0.3 is 0 Å². The summed E-state index contributed by atoms with van der Waals surface area (Å²) in [6.07, 6.45) is -0.0879. The van der Waals surface area contributed by atoms with Gasteiger partial charge in [0.2, 0.25) is 0 Å². The van der Waals surface area contributed by atoms with Gasteiger partial charge in [-0.15, -0.1) is 0 Å². The summed E-state index contributed by atoms with van der Waals surface area (Å²) in [7, 11) is 0. The van der Waals surface area contributed by atoms with Gasteiger partial charge in [0.1, 0.15) is 5.41 Å². The molecule has 0 bridgehead atoms. The minimum atomic E-state index is -2.57. The van der Waals surface area contributed by atoms with E-state index in [0.29, 0.717) is 26.3 Å². The highest BCUT2D eigenvalue weighted by Crippen LogP contribution is 2.32. The molecule has 3 nitrogen and oxygen atoms in total. The van der Waals surface area contributed by atoms with Gasteiger partial charge in [0.15, 0.2) is 0 Å². The summed E-state index contributed by atoms with van der Waals surface area (Å²) in [5, 5.41) is 8.88. The van der Waals surface area contributed by atoms with Crippen LogP contribution in [0.1, 0.15) is 6.42 Å². The molecule has 2 heterocycles. The van der Waals surface area contributed by atoms with Crippen molar-refractivity contribution in [1.29, 1.82) is 5.26 Å². The van der Waals surface area contributed by atoms with E-state index in [2.05, 4.69) is 6.07 Å². The molecule has 2 aliphatic heterocycles. The SMILES string of the molecule is N#CC1(CN2CCC(F)(F)C2)COC1. The first-order chi connectivity index (χ1) is 6.55. The molecule has 0 aromatic heterocycles. The second-order valence-corrected chi connectivity index (χ2v) is 4.20. The number of ether oxygens (including phenoxy) is 1. The molecule has 0 aromatic rings. The molecule has 0 aromatic carbocycles. The molecule has 5 heteroatoms. The number of rotatable bonds is 2. The second kappa shape index (κ2) is 3.14. The van der Waals surface area contributed by atoms with Gasteiger partial charge in [-0.2, -0.15) is 5.26 Å². The number of nitriles is 1. The molecular weight excluding hydrogens is 190 g/mol. The third-order valence-electron chi connectivity index (χ3n) is 2.77. The summed E-state index contributed by atoms with van der Waals surface area (Å²) in [4.78, 5) is 1.66. The summed E-state index contributed by atoms with van der Waals surface area (Å²) in [5.74, 6) is -2.57. The maximum absolute atomic E-state index is 12.8. The first-order valence-corrected chi connectivity index (χ1v) is 4.65. The van der Waals surface area contributed by atoms with Gasteiger partial charge in [0.25, 0.3) is 5.92 Å². The van der Waals surface area contributed by atoms with Crippen LogP contribution in [0, 0.1) is 16.7 Å². The normalized spacial score (nSPS) is 29.5. The van der Waals surface area contributed by atoms with Crippen LogP contribution >= 0.6 is 0 Å². The van der Waals surface area contributed by atoms with Crippen LogP contribution in [0.25, 0.3) is 0 Å². The van der Waals surface area contributed by atoms with E-state index in [1.807, 2.05) is 0 Å². The highest BCUT2D eigenvalue weighted by molar-refractivity contribution is 5.06. The smallest absolute Gasteiger partial charge is 0.261 e. The molecule has 0 radical (unpaired) electrons. The highest BCUT2D eigenvalue weighted by Gasteiger charge is 2.45. The lowest BCUT2D eigenvalue weighted by atomic mass is 9.87. The summed E-state index contributed by atoms with van der Waals surface area (Å²) < 4.78 is 30.6. The lowest BCUT2D eigenvalue weighted by Gasteiger charge is -2.37. The van der Waals surface area contributed by atoms with Crippen molar-refractivity contribution in [2.24, 2.45) is 5.41 Å². The number of likely N-dealkylation sites (tertiary alicyclic amines) is 1. The summed E-state index contributed by atoms with van der Waals surface area (Å²) in [6, 6.07) is 2.16. The molecule has 2 rings (SSSR count). The van der Waals surface area contributed by atoms with Crippen molar-refractivity contribution in [3.63, 3.8) is 0 Å². The molecule has 0 atom stereocenters. The van der Waals surface area contributed by atoms with Gasteiger partial charge in [-0.25, -0.2) is 8.78 Å². The fourth-order valence-electron chi connectivity index (χ4n) is 1.91. The Labute approximate surface area is 81.2 Å². The molecule has 78 valence electrons. The summed E-state index contributed by atoms with van der Waals surface area (Å²) in [5.41, 5.74) is -0.527. The Bertz CT molecular complexity index is 270. The second-order valence-electron chi connectivity index (χ2n) is 4.20. The molecule has 14 heavy (non-hydrogen) atoms. The van der Waals surface area contributed by atoms with E-state index in [9.17, 15) is 8.78 Å². The Morgan fingerprint density at radius 2 is 2.14 bits per heavy atom. The quantitative estimate of drug-likeness (QED) is 0.666. The van der Waals surface area contributed by atoms with E-state index in [1.54, 1.807) is 4.90 Å². The summed E-state index contributed by atoms with van der Waals surface area (Å²) in [6.45, 7) is 1.35. The third-order valence-corrected chi connectivity index (χ3v) is 2.77. The van der Waals surface area contributed by atoms with Crippen LogP contribution in [0.15, 0.2) is 0 Å². The van der Waals surface area contributed by atoms with Gasteiger partial charge in [-0.05, 0) is 0 Å². The van der Waals surface area contributed by atoms with Gasteiger partial charge in [-0.1, -0.05) is 0 Å². The Hall–Kier alpha value is -0.730. The van der Waals surface area contributed by atoms with Gasteiger partial charge in [-0.3, -0.25) is 4.90 Å². The standard InChI is InChI=1S/C9H12F2N2O/c10-9(11)1-2-13(5-9)4-8(3-12)6-14-7-8/h1-2,4-7H2. The maximum Gasteiger partial charge on any atom is 0.261 e. The zero-order valence-corrected chi connectivity index (χ0v) is 7.80. The molecule has 0 saturated carbocycles. The van der Waals surface area contributed by atoms with Crippen LogP contribution in [-0.4, -0.2) is 43.7 Å². The van der Waals surface area contributed by atoms with Crippen molar-refractivity contribution in [2.75, 3.05) is 32.8 Å². The number of nitrogens with zero attached hydrogens (tertiary/aromatic N) is 2. The Kier molecular flexibility index (Phi) is 2.20. The van der Waals surface area contributed by atoms with E-state index in [0.717, 1.165) is 0 Å². The Morgan fingerprint density at radius 3 is 2.50 bits per heavy atom. The lowest BCUT2D eigenvalue weighted by Crippen LogP contribution is -2.49.